The van der Waals surface area contributed by atoms with Crippen molar-refractivity contribution in [2.75, 3.05) is 19.6 Å². The van der Waals surface area contributed by atoms with Crippen LogP contribution in [-0.2, 0) is 16.1 Å². The van der Waals surface area contributed by atoms with Crippen LogP contribution in [0.3, 0.4) is 0 Å². The molecule has 5 rings (SSSR count). The van der Waals surface area contributed by atoms with E-state index in [0.717, 1.165) is 45.4 Å². The zero-order chi connectivity index (χ0) is 24.1. The highest BCUT2D eigenvalue weighted by Gasteiger charge is 2.61. The molecule has 0 radical (unpaired) electrons. The molecule has 184 valence electrons. The van der Waals surface area contributed by atoms with Crippen LogP contribution in [0.4, 0.5) is 0 Å². The van der Waals surface area contributed by atoms with Gasteiger partial charge in [-0.3, -0.25) is 9.59 Å². The third-order valence-electron chi connectivity index (χ3n) is 10.4. The summed E-state index contributed by atoms with van der Waals surface area (Å²) in [5.41, 5.74) is 2.75. The van der Waals surface area contributed by atoms with Crippen molar-refractivity contribution in [1.29, 1.82) is 0 Å². The van der Waals surface area contributed by atoms with Crippen molar-refractivity contribution in [2.24, 2.45) is 34.5 Å². The molecular formula is C30H42N2O2. The molecule has 3 aliphatic carbocycles. The fourth-order valence-corrected chi connectivity index (χ4v) is 8.53. The largest absolute Gasteiger partial charge is 0.370 e. The number of fused-ring (bicyclic) bond motifs is 5. The van der Waals surface area contributed by atoms with Crippen molar-refractivity contribution >= 4 is 11.7 Å². The van der Waals surface area contributed by atoms with Crippen molar-refractivity contribution in [3.63, 3.8) is 0 Å². The summed E-state index contributed by atoms with van der Waals surface area (Å²) in [7, 11) is 0. The van der Waals surface area contributed by atoms with Gasteiger partial charge < -0.3 is 9.80 Å². The second-order valence-corrected chi connectivity index (χ2v) is 11.8. The molecule has 0 N–H and O–H groups in total. The topological polar surface area (TPSA) is 40.6 Å². The third kappa shape index (κ3) is 3.63. The standard InChI is InChI=1S/C30H42N2O2/c1-5-31(6-2)28(34)26-13-12-24-23-20-32(19-21-10-8-7-9-11-21)27-18-22(33)14-16-30(27,4)25(23)15-17-29(24,26)3/h7-11,18,23-26H,5-6,12-17,19-20H2,1-4H3. The molecule has 0 spiro atoms. The number of nitrogens with zero attached hydrogens (tertiary/aromatic N) is 2. The molecule has 4 aliphatic rings. The Labute approximate surface area is 205 Å². The molecule has 1 saturated heterocycles. The third-order valence-corrected chi connectivity index (χ3v) is 10.4. The van der Waals surface area contributed by atoms with E-state index >= 15 is 0 Å². The van der Waals surface area contributed by atoms with Crippen molar-refractivity contribution in [2.45, 2.75) is 72.8 Å². The van der Waals surface area contributed by atoms with Crippen molar-refractivity contribution in [1.82, 2.24) is 9.80 Å². The monoisotopic (exact) mass is 462 g/mol. The Morgan fingerprint density at radius 1 is 1.03 bits per heavy atom. The molecule has 6 unspecified atom stereocenters. The van der Waals surface area contributed by atoms with Gasteiger partial charge in [0, 0.05) is 55.7 Å². The molecule has 0 aromatic heterocycles. The van der Waals surface area contributed by atoms with E-state index in [1.54, 1.807) is 0 Å². The van der Waals surface area contributed by atoms with Crippen LogP contribution in [-0.4, -0.2) is 41.1 Å². The SMILES string of the molecule is CCN(CC)C(=O)C1CCC2C3CN(Cc4ccccc4)C4=CC(=O)CCC4(C)C3CCC12C. The first-order chi connectivity index (χ1) is 16.3. The lowest BCUT2D eigenvalue weighted by Gasteiger charge is -2.61. The molecule has 1 aromatic rings. The molecule has 4 nitrogen and oxygen atoms in total. The van der Waals surface area contributed by atoms with Gasteiger partial charge in [-0.2, -0.15) is 0 Å². The van der Waals surface area contributed by atoms with E-state index in [0.29, 0.717) is 30.1 Å². The Balaban J connectivity index is 1.48. The Morgan fingerprint density at radius 3 is 2.47 bits per heavy atom. The van der Waals surface area contributed by atoms with E-state index in [4.69, 9.17) is 0 Å². The molecule has 2 saturated carbocycles. The van der Waals surface area contributed by atoms with Gasteiger partial charge >= 0.3 is 0 Å². The number of amides is 1. The Morgan fingerprint density at radius 2 is 1.76 bits per heavy atom. The molecule has 0 bridgehead atoms. The van der Waals surface area contributed by atoms with E-state index in [1.807, 2.05) is 6.08 Å². The molecule has 34 heavy (non-hydrogen) atoms. The molecule has 4 heteroatoms. The van der Waals surface area contributed by atoms with Crippen LogP contribution in [0.1, 0.15) is 71.8 Å². The van der Waals surface area contributed by atoms with Crippen LogP contribution in [0.2, 0.25) is 0 Å². The van der Waals surface area contributed by atoms with E-state index in [2.05, 4.69) is 67.8 Å². The van der Waals surface area contributed by atoms with Crippen LogP contribution in [0.25, 0.3) is 0 Å². The number of likely N-dealkylation sites (tertiary alicyclic amines) is 1. The number of rotatable bonds is 5. The fraction of sp³-hybridized carbons (Fsp3) is 0.667. The van der Waals surface area contributed by atoms with E-state index in [-0.39, 0.29) is 22.5 Å². The van der Waals surface area contributed by atoms with E-state index in [1.165, 1.54) is 24.1 Å². The molecule has 1 amide bonds. The number of hydrogen-bond donors (Lipinski definition) is 0. The molecule has 1 aromatic carbocycles. The summed E-state index contributed by atoms with van der Waals surface area (Å²) in [6.07, 6.45) is 8.16. The number of piperidine rings is 1. The smallest absolute Gasteiger partial charge is 0.226 e. The number of ketones is 1. The van der Waals surface area contributed by atoms with Crippen molar-refractivity contribution in [3.05, 3.63) is 47.7 Å². The van der Waals surface area contributed by atoms with Gasteiger partial charge in [-0.15, -0.1) is 0 Å². The van der Waals surface area contributed by atoms with Crippen LogP contribution in [0.15, 0.2) is 42.1 Å². The van der Waals surface area contributed by atoms with Gasteiger partial charge in [0.05, 0.1) is 0 Å². The summed E-state index contributed by atoms with van der Waals surface area (Å²) in [5, 5.41) is 0. The van der Waals surface area contributed by atoms with Gasteiger partial charge in [0.2, 0.25) is 5.91 Å². The van der Waals surface area contributed by atoms with E-state index < -0.39 is 0 Å². The minimum absolute atomic E-state index is 0.0634. The van der Waals surface area contributed by atoms with Crippen LogP contribution in [0.5, 0.6) is 0 Å². The summed E-state index contributed by atoms with van der Waals surface area (Å²) in [4.78, 5) is 30.7. The number of allylic oxidation sites excluding steroid dienone is 2. The number of hydrogen-bond acceptors (Lipinski definition) is 3. The second kappa shape index (κ2) is 8.84. The van der Waals surface area contributed by atoms with Crippen LogP contribution >= 0.6 is 0 Å². The Bertz CT molecular complexity index is 967. The quantitative estimate of drug-likeness (QED) is 0.565. The molecule has 3 fully saturated rings. The highest BCUT2D eigenvalue weighted by molar-refractivity contribution is 5.91. The maximum atomic E-state index is 13.5. The molecule has 6 atom stereocenters. The normalized spacial score (nSPS) is 36.9. The fourth-order valence-electron chi connectivity index (χ4n) is 8.53. The predicted octanol–water partition coefficient (Wildman–Crippen LogP) is 5.68. The number of benzene rings is 1. The maximum absolute atomic E-state index is 13.5. The Hall–Kier alpha value is -2.10. The summed E-state index contributed by atoms with van der Waals surface area (Å²) < 4.78 is 0. The first kappa shape index (κ1) is 23.6. The van der Waals surface area contributed by atoms with Crippen molar-refractivity contribution in [3.8, 4) is 0 Å². The Kier molecular flexibility index (Phi) is 6.14. The zero-order valence-electron chi connectivity index (χ0n) is 21.6. The predicted molar refractivity (Wildman–Crippen MR) is 136 cm³/mol. The van der Waals surface area contributed by atoms with Gasteiger partial charge in [-0.1, -0.05) is 44.2 Å². The average molecular weight is 463 g/mol. The highest BCUT2D eigenvalue weighted by atomic mass is 16.2. The summed E-state index contributed by atoms with van der Waals surface area (Å²) in [6, 6.07) is 10.7. The first-order valence-corrected chi connectivity index (χ1v) is 13.6. The summed E-state index contributed by atoms with van der Waals surface area (Å²) in [6.45, 7) is 12.6. The highest BCUT2D eigenvalue weighted by Crippen LogP contribution is 2.65. The maximum Gasteiger partial charge on any atom is 0.226 e. The molecule has 1 aliphatic heterocycles. The number of carbonyl (C=O) groups excluding carboxylic acids is 2. The lowest BCUT2D eigenvalue weighted by Crippen LogP contribution is -2.58. The lowest BCUT2D eigenvalue weighted by molar-refractivity contribution is -0.144. The first-order valence-electron chi connectivity index (χ1n) is 13.6. The van der Waals surface area contributed by atoms with Crippen LogP contribution < -0.4 is 0 Å². The van der Waals surface area contributed by atoms with Gasteiger partial charge in [-0.25, -0.2) is 0 Å². The van der Waals surface area contributed by atoms with Crippen LogP contribution in [0, 0.1) is 34.5 Å². The molecule has 1 heterocycles. The van der Waals surface area contributed by atoms with Crippen molar-refractivity contribution < 1.29 is 9.59 Å². The lowest BCUT2D eigenvalue weighted by atomic mass is 9.49. The average Bonchev–Trinajstić information content (AvgIpc) is 3.19. The van der Waals surface area contributed by atoms with Gasteiger partial charge in [0.1, 0.15) is 0 Å². The second-order valence-electron chi connectivity index (χ2n) is 11.8. The minimum atomic E-state index is 0.0634. The van der Waals surface area contributed by atoms with Gasteiger partial charge in [-0.05, 0) is 74.7 Å². The summed E-state index contributed by atoms with van der Waals surface area (Å²) >= 11 is 0. The van der Waals surface area contributed by atoms with Gasteiger partial charge in [0.25, 0.3) is 0 Å². The zero-order valence-corrected chi connectivity index (χ0v) is 21.6. The van der Waals surface area contributed by atoms with Gasteiger partial charge in [0.15, 0.2) is 5.78 Å². The van der Waals surface area contributed by atoms with E-state index in [9.17, 15) is 9.59 Å². The summed E-state index contributed by atoms with van der Waals surface area (Å²) in [5.74, 6) is 2.63. The number of carbonyl (C=O) groups is 2. The molecular weight excluding hydrogens is 420 g/mol. The minimum Gasteiger partial charge on any atom is -0.370 e.